The van der Waals surface area contributed by atoms with E-state index in [1.807, 2.05) is 12.1 Å². The van der Waals surface area contributed by atoms with Gasteiger partial charge in [-0.05, 0) is 57.6 Å². The van der Waals surface area contributed by atoms with E-state index in [2.05, 4.69) is 19.9 Å². The van der Waals surface area contributed by atoms with Gasteiger partial charge in [0.15, 0.2) is 23.9 Å². The minimum Gasteiger partial charge on any atom is -0.619 e. The van der Waals surface area contributed by atoms with Gasteiger partial charge in [-0.15, -0.1) is 0 Å². The Morgan fingerprint density at radius 1 is 1.14 bits per heavy atom. The number of aliphatic imine (C=N–C) groups is 1. The maximum absolute atomic E-state index is 11.6. The average Bonchev–Trinajstić information content (AvgIpc) is 3.26. The molecule has 0 amide bonds. The predicted octanol–water partition coefficient (Wildman–Crippen LogP) is 3.75. The lowest BCUT2D eigenvalue weighted by Crippen LogP contribution is -2.32. The molecule has 1 aromatic heterocycles. The summed E-state index contributed by atoms with van der Waals surface area (Å²) < 4.78 is 13.1. The third-order valence-electron chi connectivity index (χ3n) is 6.33. The first-order valence-corrected chi connectivity index (χ1v) is 10.1. The van der Waals surface area contributed by atoms with Crippen molar-refractivity contribution in [1.82, 2.24) is 0 Å². The minimum absolute atomic E-state index is 0.0858. The van der Waals surface area contributed by atoms with Crippen molar-refractivity contribution in [2.45, 2.75) is 63.5 Å². The van der Waals surface area contributed by atoms with Crippen LogP contribution >= 0.6 is 0 Å². The van der Waals surface area contributed by atoms with E-state index < -0.39 is 0 Å². The fourth-order valence-corrected chi connectivity index (χ4v) is 5.14. The van der Waals surface area contributed by atoms with Crippen LogP contribution in [0.3, 0.4) is 0 Å². The third-order valence-corrected chi connectivity index (χ3v) is 6.33. The van der Waals surface area contributed by atoms with Gasteiger partial charge in [-0.25, -0.2) is 0 Å². The summed E-state index contributed by atoms with van der Waals surface area (Å²) in [4.78, 5) is 5.11. The molecule has 2 aliphatic heterocycles. The summed E-state index contributed by atoms with van der Waals surface area (Å²) in [6.07, 6.45) is 9.48. The fourth-order valence-electron chi connectivity index (χ4n) is 5.14. The molecule has 2 aromatic rings. The summed E-state index contributed by atoms with van der Waals surface area (Å²) in [6.45, 7) is 4.31. The molecule has 0 atom stereocenters. The largest absolute Gasteiger partial charge is 0.619 e. The molecule has 0 N–H and O–H groups in total. The molecule has 5 heteroatoms. The van der Waals surface area contributed by atoms with E-state index in [9.17, 15) is 5.21 Å². The number of nitrogens with zero attached hydrogens (tertiary/aromatic N) is 2. The van der Waals surface area contributed by atoms with E-state index in [1.54, 1.807) is 7.11 Å². The van der Waals surface area contributed by atoms with Gasteiger partial charge in [0, 0.05) is 35.2 Å². The topological polar surface area (TPSA) is 57.8 Å². The first-order chi connectivity index (χ1) is 13.4. The van der Waals surface area contributed by atoms with Crippen LogP contribution in [0.5, 0.6) is 11.5 Å². The summed E-state index contributed by atoms with van der Waals surface area (Å²) >= 11 is 0. The van der Waals surface area contributed by atoms with Crippen molar-refractivity contribution in [2.75, 3.05) is 7.11 Å². The Hall–Kier alpha value is -2.56. The summed E-state index contributed by atoms with van der Waals surface area (Å²) in [7, 11) is 1.72. The smallest absolute Gasteiger partial charge is 0.181 e. The number of pyridine rings is 1. The van der Waals surface area contributed by atoms with E-state index in [0.29, 0.717) is 0 Å². The molecule has 1 fully saturated rings. The van der Waals surface area contributed by atoms with E-state index >= 15 is 0 Å². The normalized spacial score (nSPS) is 21.0. The highest BCUT2D eigenvalue weighted by molar-refractivity contribution is 6.16. The van der Waals surface area contributed by atoms with E-state index in [0.717, 1.165) is 53.2 Å². The van der Waals surface area contributed by atoms with Crippen LogP contribution in [0.2, 0.25) is 0 Å². The van der Waals surface area contributed by atoms with Gasteiger partial charge in [-0.2, -0.15) is 4.73 Å². The summed E-state index contributed by atoms with van der Waals surface area (Å²) in [5.74, 6) is 1.73. The van der Waals surface area contributed by atoms with Gasteiger partial charge < -0.3 is 14.7 Å². The second kappa shape index (κ2) is 5.97. The van der Waals surface area contributed by atoms with Crippen molar-refractivity contribution in [1.29, 1.82) is 0 Å². The maximum Gasteiger partial charge on any atom is 0.181 e. The lowest BCUT2D eigenvalue weighted by atomic mass is 9.80. The van der Waals surface area contributed by atoms with Crippen molar-refractivity contribution in [2.24, 2.45) is 4.99 Å². The Morgan fingerprint density at radius 3 is 2.54 bits per heavy atom. The molecule has 1 aromatic carbocycles. The van der Waals surface area contributed by atoms with Gasteiger partial charge in [0.1, 0.15) is 5.60 Å². The number of aromatic nitrogens is 1. The standard InChI is InChI=1S/C23H26N2O3/c1-22(2)13-16-12-18(27-3)21-17(14-23(28-21)8-4-5-9-23)19(16)20(24-22)15-6-10-25(26)11-7-15/h6-7,10-12H,4-5,8-9,13-14H2,1-3H3. The molecular formula is C23H26N2O3. The molecular weight excluding hydrogens is 352 g/mol. The highest BCUT2D eigenvalue weighted by Gasteiger charge is 2.46. The maximum atomic E-state index is 11.6. The average molecular weight is 378 g/mol. The van der Waals surface area contributed by atoms with E-state index in [1.165, 1.54) is 41.9 Å². The Kier molecular flexibility index (Phi) is 3.74. The number of hydrogen-bond donors (Lipinski definition) is 0. The number of ether oxygens (including phenoxy) is 2. The predicted molar refractivity (Wildman–Crippen MR) is 107 cm³/mol. The second-order valence-corrected chi connectivity index (χ2v) is 8.99. The lowest BCUT2D eigenvalue weighted by Gasteiger charge is -2.30. The zero-order chi connectivity index (χ0) is 19.5. The first-order valence-electron chi connectivity index (χ1n) is 10.1. The number of hydrogen-bond acceptors (Lipinski definition) is 4. The molecule has 3 aliphatic rings. The van der Waals surface area contributed by atoms with Crippen LogP contribution < -0.4 is 14.2 Å². The zero-order valence-electron chi connectivity index (χ0n) is 16.7. The zero-order valence-corrected chi connectivity index (χ0v) is 16.7. The highest BCUT2D eigenvalue weighted by Crippen LogP contribution is 2.52. The van der Waals surface area contributed by atoms with Crippen LogP contribution in [0.25, 0.3) is 0 Å². The minimum atomic E-state index is -0.213. The second-order valence-electron chi connectivity index (χ2n) is 8.99. The van der Waals surface area contributed by atoms with Crippen LogP contribution in [0, 0.1) is 5.21 Å². The van der Waals surface area contributed by atoms with Crippen molar-refractivity contribution in [3.63, 3.8) is 0 Å². The van der Waals surface area contributed by atoms with Crippen molar-refractivity contribution in [3.8, 4) is 11.5 Å². The fraction of sp³-hybridized carbons (Fsp3) is 0.478. The quantitative estimate of drug-likeness (QED) is 0.591. The Balaban J connectivity index is 1.72. The molecule has 28 heavy (non-hydrogen) atoms. The molecule has 5 rings (SSSR count). The number of benzene rings is 1. The summed E-state index contributed by atoms with van der Waals surface area (Å²) in [5.41, 5.74) is 5.30. The van der Waals surface area contributed by atoms with Gasteiger partial charge >= 0.3 is 0 Å². The molecule has 146 valence electrons. The molecule has 0 bridgehead atoms. The lowest BCUT2D eigenvalue weighted by molar-refractivity contribution is -0.605. The van der Waals surface area contributed by atoms with Crippen LogP contribution in [-0.4, -0.2) is 24.0 Å². The van der Waals surface area contributed by atoms with Crippen molar-refractivity contribution in [3.05, 3.63) is 58.1 Å². The Labute approximate surface area is 165 Å². The van der Waals surface area contributed by atoms with E-state index in [-0.39, 0.29) is 11.1 Å². The van der Waals surface area contributed by atoms with Crippen LogP contribution in [0.1, 0.15) is 61.8 Å². The Morgan fingerprint density at radius 2 is 1.86 bits per heavy atom. The van der Waals surface area contributed by atoms with Gasteiger partial charge in [-0.1, -0.05) is 0 Å². The van der Waals surface area contributed by atoms with Gasteiger partial charge in [-0.3, -0.25) is 4.99 Å². The van der Waals surface area contributed by atoms with Crippen LogP contribution in [-0.2, 0) is 12.8 Å². The molecule has 1 saturated carbocycles. The first kappa shape index (κ1) is 17.5. The SMILES string of the molecule is COc1cc2c(c3c1OC1(CCCC1)C3)C(c1cc[n+]([O-])cc1)=NC(C)(C)C2. The molecule has 3 heterocycles. The van der Waals surface area contributed by atoms with Crippen molar-refractivity contribution >= 4 is 5.71 Å². The molecule has 5 nitrogen and oxygen atoms in total. The number of rotatable bonds is 2. The van der Waals surface area contributed by atoms with Gasteiger partial charge in [0.2, 0.25) is 0 Å². The van der Waals surface area contributed by atoms with Crippen LogP contribution in [0.4, 0.5) is 0 Å². The molecule has 0 saturated heterocycles. The third kappa shape index (κ3) is 2.67. The van der Waals surface area contributed by atoms with Gasteiger partial charge in [0.05, 0.1) is 18.4 Å². The molecule has 1 spiro atoms. The highest BCUT2D eigenvalue weighted by atomic mass is 16.5. The van der Waals surface area contributed by atoms with Crippen molar-refractivity contribution < 1.29 is 14.2 Å². The molecule has 0 radical (unpaired) electrons. The molecule has 0 unspecified atom stereocenters. The summed E-state index contributed by atoms with van der Waals surface area (Å²) in [6, 6.07) is 5.85. The Bertz CT molecular complexity index is 970. The molecule has 1 aliphatic carbocycles. The number of methoxy groups -OCH3 is 1. The van der Waals surface area contributed by atoms with Crippen LogP contribution in [0.15, 0.2) is 35.6 Å². The van der Waals surface area contributed by atoms with Gasteiger partial charge in [0.25, 0.3) is 0 Å². The monoisotopic (exact) mass is 378 g/mol. The summed E-state index contributed by atoms with van der Waals surface area (Å²) in [5, 5.41) is 11.6. The number of fused-ring (bicyclic) bond motifs is 3. The van der Waals surface area contributed by atoms with E-state index in [4.69, 9.17) is 14.5 Å².